The zero-order valence-electron chi connectivity index (χ0n) is 15.8. The number of carbonyl (C=O) groups is 1. The normalized spacial score (nSPS) is 21.9. The summed E-state index contributed by atoms with van der Waals surface area (Å²) in [5, 5.41) is 3.02. The van der Waals surface area contributed by atoms with E-state index in [2.05, 4.69) is 10.2 Å². The number of piperidine rings is 1. The predicted octanol–water partition coefficient (Wildman–Crippen LogP) is 2.99. The molecule has 0 radical (unpaired) electrons. The van der Waals surface area contributed by atoms with Crippen molar-refractivity contribution in [2.75, 3.05) is 26.2 Å². The molecule has 148 valence electrons. The third-order valence-corrected chi connectivity index (χ3v) is 5.27. The SMILES string of the molecule is O=C(NC[C@H]1COc2ccccc2O1)[C@H]1CCCN(Cc2ccc(F)cc2)C1. The summed E-state index contributed by atoms with van der Waals surface area (Å²) in [5.74, 6) is 1.26. The molecule has 2 atom stereocenters. The molecule has 4 rings (SSSR count). The minimum absolute atomic E-state index is 0.0361. The summed E-state index contributed by atoms with van der Waals surface area (Å²) in [5.41, 5.74) is 1.06. The zero-order chi connectivity index (χ0) is 19.3. The smallest absolute Gasteiger partial charge is 0.224 e. The van der Waals surface area contributed by atoms with Crippen LogP contribution in [0.5, 0.6) is 11.5 Å². The summed E-state index contributed by atoms with van der Waals surface area (Å²) in [4.78, 5) is 14.9. The van der Waals surface area contributed by atoms with Crippen molar-refractivity contribution in [1.82, 2.24) is 10.2 Å². The van der Waals surface area contributed by atoms with E-state index in [9.17, 15) is 9.18 Å². The van der Waals surface area contributed by atoms with E-state index in [0.29, 0.717) is 19.7 Å². The molecule has 0 aliphatic carbocycles. The second-order valence-electron chi connectivity index (χ2n) is 7.44. The molecule has 0 aromatic heterocycles. The molecule has 6 heteroatoms. The standard InChI is InChI=1S/C22H25FN2O3/c23-18-9-7-16(8-10-18)13-25-11-3-4-17(14-25)22(26)24-12-19-15-27-20-5-1-2-6-21(20)28-19/h1-2,5-10,17,19H,3-4,11-15H2,(H,24,26)/t17-,19-/m0/s1. The first kappa shape index (κ1) is 18.7. The molecule has 2 aromatic rings. The number of hydrogen-bond donors (Lipinski definition) is 1. The predicted molar refractivity (Wildman–Crippen MR) is 104 cm³/mol. The Kier molecular flexibility index (Phi) is 5.76. The third-order valence-electron chi connectivity index (χ3n) is 5.27. The average molecular weight is 384 g/mol. The van der Waals surface area contributed by atoms with Gasteiger partial charge < -0.3 is 14.8 Å². The minimum atomic E-state index is -0.226. The van der Waals surface area contributed by atoms with Crippen LogP contribution in [0, 0.1) is 11.7 Å². The van der Waals surface area contributed by atoms with Crippen LogP contribution in [0.2, 0.25) is 0 Å². The van der Waals surface area contributed by atoms with Crippen molar-refractivity contribution < 1.29 is 18.7 Å². The maximum atomic E-state index is 13.1. The van der Waals surface area contributed by atoms with Gasteiger partial charge in [-0.3, -0.25) is 9.69 Å². The van der Waals surface area contributed by atoms with E-state index in [-0.39, 0.29) is 23.7 Å². The number of fused-ring (bicyclic) bond motifs is 1. The summed E-state index contributed by atoms with van der Waals surface area (Å²) >= 11 is 0. The number of benzene rings is 2. The van der Waals surface area contributed by atoms with Crippen molar-refractivity contribution in [2.45, 2.75) is 25.5 Å². The van der Waals surface area contributed by atoms with Crippen molar-refractivity contribution in [3.63, 3.8) is 0 Å². The van der Waals surface area contributed by atoms with Gasteiger partial charge in [-0.25, -0.2) is 4.39 Å². The van der Waals surface area contributed by atoms with Crippen LogP contribution >= 0.6 is 0 Å². The van der Waals surface area contributed by atoms with Crippen molar-refractivity contribution >= 4 is 5.91 Å². The van der Waals surface area contributed by atoms with Crippen molar-refractivity contribution in [1.29, 1.82) is 0 Å². The maximum Gasteiger partial charge on any atom is 0.224 e. The molecule has 0 spiro atoms. The molecular formula is C22H25FN2O3. The van der Waals surface area contributed by atoms with Gasteiger partial charge in [0.1, 0.15) is 18.5 Å². The van der Waals surface area contributed by atoms with Crippen LogP contribution in [0.4, 0.5) is 4.39 Å². The Hall–Kier alpha value is -2.60. The summed E-state index contributed by atoms with van der Waals surface area (Å²) in [6.45, 7) is 3.27. The van der Waals surface area contributed by atoms with E-state index in [1.165, 1.54) is 12.1 Å². The summed E-state index contributed by atoms with van der Waals surface area (Å²) in [6, 6.07) is 14.1. The first-order chi connectivity index (χ1) is 13.7. The second-order valence-corrected chi connectivity index (χ2v) is 7.44. The summed E-state index contributed by atoms with van der Waals surface area (Å²) in [6.07, 6.45) is 1.68. The fraction of sp³-hybridized carbons (Fsp3) is 0.409. The lowest BCUT2D eigenvalue weighted by molar-refractivity contribution is -0.127. The Bertz CT molecular complexity index is 812. The number of halogens is 1. The van der Waals surface area contributed by atoms with Gasteiger partial charge in [-0.2, -0.15) is 0 Å². The molecule has 2 heterocycles. The topological polar surface area (TPSA) is 50.8 Å². The van der Waals surface area contributed by atoms with Gasteiger partial charge in [-0.05, 0) is 49.2 Å². The maximum absolute atomic E-state index is 13.1. The fourth-order valence-corrected chi connectivity index (χ4v) is 3.78. The van der Waals surface area contributed by atoms with E-state index in [1.807, 2.05) is 24.3 Å². The van der Waals surface area contributed by atoms with Gasteiger partial charge in [-0.1, -0.05) is 24.3 Å². The first-order valence-electron chi connectivity index (χ1n) is 9.80. The number of para-hydroxylation sites is 2. The Labute approximate surface area is 164 Å². The molecule has 0 unspecified atom stereocenters. The van der Waals surface area contributed by atoms with E-state index >= 15 is 0 Å². The second kappa shape index (κ2) is 8.61. The molecule has 28 heavy (non-hydrogen) atoms. The largest absolute Gasteiger partial charge is 0.486 e. The minimum Gasteiger partial charge on any atom is -0.486 e. The van der Waals surface area contributed by atoms with Crippen LogP contribution in [0.3, 0.4) is 0 Å². The number of carbonyl (C=O) groups excluding carboxylic acids is 1. The van der Waals surface area contributed by atoms with Gasteiger partial charge in [0, 0.05) is 13.1 Å². The van der Waals surface area contributed by atoms with Crippen LogP contribution in [0.15, 0.2) is 48.5 Å². The van der Waals surface area contributed by atoms with Crippen molar-refractivity contribution in [3.8, 4) is 11.5 Å². The first-order valence-corrected chi connectivity index (χ1v) is 9.80. The van der Waals surface area contributed by atoms with Crippen LogP contribution < -0.4 is 14.8 Å². The number of hydrogen-bond acceptors (Lipinski definition) is 4. The average Bonchev–Trinajstić information content (AvgIpc) is 2.74. The van der Waals surface area contributed by atoms with Crippen LogP contribution in [0.25, 0.3) is 0 Å². The highest BCUT2D eigenvalue weighted by Gasteiger charge is 2.27. The lowest BCUT2D eigenvalue weighted by Gasteiger charge is -2.32. The Balaban J connectivity index is 1.26. The van der Waals surface area contributed by atoms with E-state index < -0.39 is 0 Å². The molecule has 0 saturated carbocycles. The molecule has 1 saturated heterocycles. The van der Waals surface area contributed by atoms with Crippen LogP contribution in [-0.2, 0) is 11.3 Å². The highest BCUT2D eigenvalue weighted by Crippen LogP contribution is 2.30. The number of nitrogens with zero attached hydrogens (tertiary/aromatic N) is 1. The van der Waals surface area contributed by atoms with Gasteiger partial charge >= 0.3 is 0 Å². The molecule has 2 aliphatic rings. The van der Waals surface area contributed by atoms with Crippen molar-refractivity contribution in [2.24, 2.45) is 5.92 Å². The Morgan fingerprint density at radius 2 is 1.93 bits per heavy atom. The van der Waals surface area contributed by atoms with Gasteiger partial charge in [-0.15, -0.1) is 0 Å². The van der Waals surface area contributed by atoms with E-state index in [1.54, 1.807) is 12.1 Å². The quantitative estimate of drug-likeness (QED) is 0.861. The lowest BCUT2D eigenvalue weighted by atomic mass is 9.96. The molecule has 1 N–H and O–H groups in total. The van der Waals surface area contributed by atoms with E-state index in [0.717, 1.165) is 43.0 Å². The number of rotatable bonds is 5. The van der Waals surface area contributed by atoms with E-state index in [4.69, 9.17) is 9.47 Å². The Morgan fingerprint density at radius 1 is 1.14 bits per heavy atom. The number of ether oxygens (including phenoxy) is 2. The molecule has 5 nitrogen and oxygen atoms in total. The number of nitrogens with one attached hydrogen (secondary N) is 1. The Morgan fingerprint density at radius 3 is 2.75 bits per heavy atom. The number of likely N-dealkylation sites (tertiary alicyclic amines) is 1. The number of amides is 1. The van der Waals surface area contributed by atoms with Gasteiger partial charge in [0.05, 0.1) is 12.5 Å². The summed E-state index contributed by atoms with van der Waals surface area (Å²) < 4.78 is 24.7. The zero-order valence-corrected chi connectivity index (χ0v) is 15.8. The molecule has 1 fully saturated rings. The molecule has 2 aromatic carbocycles. The van der Waals surface area contributed by atoms with Crippen LogP contribution in [0.1, 0.15) is 18.4 Å². The van der Waals surface area contributed by atoms with Crippen LogP contribution in [-0.4, -0.2) is 43.2 Å². The molecule has 2 aliphatic heterocycles. The highest BCUT2D eigenvalue weighted by molar-refractivity contribution is 5.79. The van der Waals surface area contributed by atoms with Gasteiger partial charge in [0.25, 0.3) is 0 Å². The fourth-order valence-electron chi connectivity index (χ4n) is 3.78. The van der Waals surface area contributed by atoms with Gasteiger partial charge in [0.15, 0.2) is 11.5 Å². The summed E-state index contributed by atoms with van der Waals surface area (Å²) in [7, 11) is 0. The highest BCUT2D eigenvalue weighted by atomic mass is 19.1. The monoisotopic (exact) mass is 384 g/mol. The molecule has 0 bridgehead atoms. The van der Waals surface area contributed by atoms with Crippen molar-refractivity contribution in [3.05, 3.63) is 59.9 Å². The molecule has 1 amide bonds. The third kappa shape index (κ3) is 4.62. The lowest BCUT2D eigenvalue weighted by Crippen LogP contribution is -2.46. The van der Waals surface area contributed by atoms with Gasteiger partial charge in [0.2, 0.25) is 5.91 Å². The molecular weight excluding hydrogens is 359 g/mol.